The van der Waals surface area contributed by atoms with Crippen LogP contribution in [-0.4, -0.2) is 29.2 Å². The number of allylic oxidation sites excluding steroid dienone is 10. The lowest BCUT2D eigenvalue weighted by Crippen LogP contribution is -2.22. The van der Waals surface area contributed by atoms with Gasteiger partial charge in [0.05, 0.1) is 11.1 Å². The third-order valence-corrected chi connectivity index (χ3v) is 9.69. The van der Waals surface area contributed by atoms with E-state index >= 15 is 0 Å². The molecule has 0 saturated carbocycles. The molecule has 1 aliphatic heterocycles. The van der Waals surface area contributed by atoms with Gasteiger partial charge < -0.3 is 15.1 Å². The number of likely N-dealkylation sites (N-methyl/N-ethyl adjacent to an activating group) is 1. The molecule has 0 amide bonds. The molecule has 0 aromatic heterocycles. The van der Waals surface area contributed by atoms with Crippen LogP contribution in [0.5, 0.6) is 0 Å². The lowest BCUT2D eigenvalue weighted by molar-refractivity contribution is 0.0686. The molecule has 2 aromatic carbocycles. The zero-order valence-electron chi connectivity index (χ0n) is 25.9. The number of carbonyl (C=O) groups is 2. The van der Waals surface area contributed by atoms with Crippen molar-refractivity contribution in [3.8, 4) is 0 Å². The molecule has 218 valence electrons. The number of fused-ring (bicyclic) bond motifs is 2. The minimum atomic E-state index is -0.908. The number of nitrogens with zero attached hydrogens (tertiary/aromatic N) is 1. The zero-order chi connectivity index (χ0) is 30.7. The van der Waals surface area contributed by atoms with Crippen molar-refractivity contribution in [1.29, 1.82) is 0 Å². The number of rotatable bonds is 5. The van der Waals surface area contributed by atoms with Crippen LogP contribution in [0.1, 0.15) is 98.7 Å². The molecule has 2 N–H and O–H groups in total. The maximum Gasteiger partial charge on any atom is 0.335 e. The predicted molar refractivity (Wildman–Crippen MR) is 170 cm³/mol. The van der Waals surface area contributed by atoms with E-state index in [1.54, 1.807) is 18.2 Å². The molecule has 1 unspecified atom stereocenters. The maximum absolute atomic E-state index is 11.6. The summed E-state index contributed by atoms with van der Waals surface area (Å²) in [4.78, 5) is 25.4. The van der Waals surface area contributed by atoms with Gasteiger partial charge in [0.1, 0.15) is 0 Å². The van der Waals surface area contributed by atoms with Crippen molar-refractivity contribution in [2.24, 2.45) is 5.92 Å². The van der Waals surface area contributed by atoms with Crippen LogP contribution in [0.25, 0.3) is 5.57 Å². The van der Waals surface area contributed by atoms with Gasteiger partial charge in [-0.2, -0.15) is 0 Å². The summed E-state index contributed by atoms with van der Waals surface area (Å²) in [6, 6.07) is 10.9. The van der Waals surface area contributed by atoms with E-state index in [-0.39, 0.29) is 10.8 Å². The van der Waals surface area contributed by atoms with Crippen molar-refractivity contribution in [3.63, 3.8) is 0 Å². The first-order chi connectivity index (χ1) is 19.6. The Kier molecular flexibility index (Phi) is 7.21. The third kappa shape index (κ3) is 4.75. The highest BCUT2D eigenvalue weighted by atomic mass is 16.4. The Balaban J connectivity index is 1.48. The molecule has 5 rings (SSSR count). The summed E-state index contributed by atoms with van der Waals surface area (Å²) < 4.78 is 0. The number of hydrogen-bond donors (Lipinski definition) is 2. The second-order valence-electron chi connectivity index (χ2n) is 13.2. The summed E-state index contributed by atoms with van der Waals surface area (Å²) in [5, 5.41) is 19.1. The molecule has 0 saturated heterocycles. The summed E-state index contributed by atoms with van der Waals surface area (Å²) in [5.74, 6) is -1.30. The number of anilines is 1. The molecule has 5 nitrogen and oxygen atoms in total. The number of carboxylic acids is 2. The number of hydrogen-bond acceptors (Lipinski definition) is 3. The third-order valence-electron chi connectivity index (χ3n) is 9.69. The minimum absolute atomic E-state index is 0.284. The normalized spacial score (nSPS) is 22.9. The Labute approximate surface area is 249 Å². The van der Waals surface area contributed by atoms with Crippen molar-refractivity contribution in [1.82, 2.24) is 0 Å². The van der Waals surface area contributed by atoms with Gasteiger partial charge in [0, 0.05) is 29.3 Å². The molecule has 3 aliphatic rings. The van der Waals surface area contributed by atoms with E-state index in [2.05, 4.69) is 84.7 Å². The Hall–Kier alpha value is -4.12. The van der Waals surface area contributed by atoms with Crippen LogP contribution >= 0.6 is 0 Å². The minimum Gasteiger partial charge on any atom is -0.478 e. The largest absolute Gasteiger partial charge is 0.478 e. The van der Waals surface area contributed by atoms with Crippen molar-refractivity contribution in [2.75, 3.05) is 11.9 Å². The fourth-order valence-electron chi connectivity index (χ4n) is 7.17. The standard InChI is InChI=1S/C37H41NO4/c1-21-17-24(10-14-29-23(3)28-13-9-26(34(39)40)19-30(28)36(29,4)5)22(2)25(18-21)12-16-33-37(6,7)31-20-27(35(41)42)11-15-32(31)38(33)8/h9-16,19-21H,17-18H2,1-8H3,(H,39,40)(H,41,42)/b14-10+,25-12+,33-16+. The van der Waals surface area contributed by atoms with Crippen LogP contribution in [0, 0.1) is 5.92 Å². The number of carboxylic acid groups (broad SMARTS) is 2. The second kappa shape index (κ2) is 10.3. The second-order valence-corrected chi connectivity index (χ2v) is 13.2. The van der Waals surface area contributed by atoms with Gasteiger partial charge in [-0.05, 0) is 114 Å². The smallest absolute Gasteiger partial charge is 0.335 e. The quantitative estimate of drug-likeness (QED) is 0.380. The highest BCUT2D eigenvalue weighted by Gasteiger charge is 2.39. The topological polar surface area (TPSA) is 77.8 Å². The van der Waals surface area contributed by atoms with Gasteiger partial charge in [0.25, 0.3) is 0 Å². The average molecular weight is 564 g/mol. The highest BCUT2D eigenvalue weighted by Crippen LogP contribution is 2.49. The van der Waals surface area contributed by atoms with E-state index in [9.17, 15) is 19.8 Å². The first-order valence-corrected chi connectivity index (χ1v) is 14.6. The first-order valence-electron chi connectivity index (χ1n) is 14.6. The molecular formula is C37H41NO4. The Morgan fingerprint density at radius 1 is 0.833 bits per heavy atom. The summed E-state index contributed by atoms with van der Waals surface area (Å²) in [6.07, 6.45) is 11.0. The van der Waals surface area contributed by atoms with Crippen LogP contribution in [0.15, 0.2) is 88.7 Å². The summed E-state index contributed by atoms with van der Waals surface area (Å²) in [6.45, 7) is 15.3. The fourth-order valence-corrected chi connectivity index (χ4v) is 7.17. The molecule has 42 heavy (non-hydrogen) atoms. The van der Waals surface area contributed by atoms with E-state index < -0.39 is 11.9 Å². The molecule has 0 fully saturated rings. The van der Waals surface area contributed by atoms with Crippen molar-refractivity contribution < 1.29 is 19.8 Å². The number of aromatic carboxylic acids is 2. The van der Waals surface area contributed by atoms with Gasteiger partial charge in [-0.1, -0.05) is 58.9 Å². The van der Waals surface area contributed by atoms with Crippen LogP contribution in [0.3, 0.4) is 0 Å². The van der Waals surface area contributed by atoms with Crippen LogP contribution in [-0.2, 0) is 10.8 Å². The molecular weight excluding hydrogens is 522 g/mol. The molecule has 2 aromatic rings. The number of benzene rings is 2. The molecule has 0 radical (unpaired) electrons. The Morgan fingerprint density at radius 3 is 2.10 bits per heavy atom. The monoisotopic (exact) mass is 563 g/mol. The van der Waals surface area contributed by atoms with Gasteiger partial charge in [-0.3, -0.25) is 0 Å². The predicted octanol–water partition coefficient (Wildman–Crippen LogP) is 8.69. The van der Waals surface area contributed by atoms with Crippen LogP contribution < -0.4 is 4.90 Å². The van der Waals surface area contributed by atoms with Gasteiger partial charge in [-0.25, -0.2) is 9.59 Å². The molecule has 0 bridgehead atoms. The van der Waals surface area contributed by atoms with Gasteiger partial charge in [0.2, 0.25) is 0 Å². The summed E-state index contributed by atoms with van der Waals surface area (Å²) in [7, 11) is 2.05. The van der Waals surface area contributed by atoms with E-state index in [0.29, 0.717) is 17.0 Å². The van der Waals surface area contributed by atoms with Crippen molar-refractivity contribution >= 4 is 23.2 Å². The van der Waals surface area contributed by atoms with Crippen LogP contribution in [0.4, 0.5) is 5.69 Å². The summed E-state index contributed by atoms with van der Waals surface area (Å²) in [5.41, 5.74) is 11.8. The molecule has 2 aliphatic carbocycles. The average Bonchev–Trinajstić information content (AvgIpc) is 3.24. The van der Waals surface area contributed by atoms with E-state index in [1.807, 2.05) is 18.2 Å². The molecule has 5 heteroatoms. The van der Waals surface area contributed by atoms with Gasteiger partial charge >= 0.3 is 11.9 Å². The van der Waals surface area contributed by atoms with Gasteiger partial charge in [0.15, 0.2) is 0 Å². The van der Waals surface area contributed by atoms with Gasteiger partial charge in [-0.15, -0.1) is 0 Å². The molecule has 1 heterocycles. The lowest BCUT2D eigenvalue weighted by Gasteiger charge is -2.27. The molecule has 1 atom stereocenters. The first kappa shape index (κ1) is 29.4. The van der Waals surface area contributed by atoms with Crippen molar-refractivity contribution in [3.05, 3.63) is 117 Å². The van der Waals surface area contributed by atoms with E-state index in [4.69, 9.17) is 0 Å². The lowest BCUT2D eigenvalue weighted by atomic mass is 9.78. The zero-order valence-corrected chi connectivity index (χ0v) is 25.9. The highest BCUT2D eigenvalue weighted by molar-refractivity contribution is 5.91. The van der Waals surface area contributed by atoms with Crippen LogP contribution in [0.2, 0.25) is 0 Å². The maximum atomic E-state index is 11.6. The fraction of sp³-hybridized carbons (Fsp3) is 0.351. The van der Waals surface area contributed by atoms with E-state index in [0.717, 1.165) is 40.9 Å². The summed E-state index contributed by atoms with van der Waals surface area (Å²) >= 11 is 0. The Morgan fingerprint density at radius 2 is 1.45 bits per heavy atom. The van der Waals surface area contributed by atoms with E-state index in [1.165, 1.54) is 27.9 Å². The molecule has 0 spiro atoms. The SMILES string of the molecule is CC1=C(/C=C/C2=C(C)c3ccc(C(=O)O)cc3C2(C)C)CC(C)C/C1=C\C=C1\N(C)c2ccc(C(=O)O)cc2C1(C)C. The Bertz CT molecular complexity index is 1680. The van der Waals surface area contributed by atoms with Crippen molar-refractivity contribution in [2.45, 2.75) is 72.1 Å².